The van der Waals surface area contributed by atoms with Crippen LogP contribution >= 0.6 is 23.2 Å². The fraction of sp³-hybridized carbons (Fsp3) is 0.556. The molecule has 3 nitrogen and oxygen atoms in total. The lowest BCUT2D eigenvalue weighted by Crippen LogP contribution is -2.38. The Labute approximate surface area is 92.4 Å². The number of ether oxygens (including phenoxy) is 1. The van der Waals surface area contributed by atoms with E-state index in [1.165, 1.54) is 6.07 Å². The van der Waals surface area contributed by atoms with Crippen molar-refractivity contribution in [2.24, 2.45) is 0 Å². The lowest BCUT2D eigenvalue weighted by molar-refractivity contribution is -0.0846. The summed E-state index contributed by atoms with van der Waals surface area (Å²) in [5.74, 6) is 0.601. The van der Waals surface area contributed by atoms with Gasteiger partial charge in [0.2, 0.25) is 0 Å². The van der Waals surface area contributed by atoms with Gasteiger partial charge in [0.1, 0.15) is 15.9 Å². The number of aromatic nitrogens is 2. The van der Waals surface area contributed by atoms with Crippen molar-refractivity contribution in [1.82, 2.24) is 9.97 Å². The lowest BCUT2D eigenvalue weighted by Gasteiger charge is -2.38. The van der Waals surface area contributed by atoms with E-state index in [1.54, 1.807) is 7.11 Å². The Hall–Kier alpha value is -0.380. The number of methoxy groups -OCH3 is 1. The average molecular weight is 233 g/mol. The molecule has 1 aliphatic rings. The highest BCUT2D eigenvalue weighted by molar-refractivity contribution is 6.33. The summed E-state index contributed by atoms with van der Waals surface area (Å²) < 4.78 is 5.43. The molecule has 0 atom stereocenters. The number of hydrogen-bond donors (Lipinski definition) is 0. The normalized spacial score (nSPS) is 19.1. The second-order valence-electron chi connectivity index (χ2n) is 3.39. The first-order valence-corrected chi connectivity index (χ1v) is 5.18. The van der Waals surface area contributed by atoms with Gasteiger partial charge in [-0.2, -0.15) is 0 Å². The molecule has 1 saturated carbocycles. The van der Waals surface area contributed by atoms with Crippen molar-refractivity contribution < 1.29 is 4.74 Å². The van der Waals surface area contributed by atoms with E-state index in [0.717, 1.165) is 19.3 Å². The van der Waals surface area contributed by atoms with Crippen molar-refractivity contribution in [2.45, 2.75) is 24.9 Å². The minimum atomic E-state index is -0.353. The largest absolute Gasteiger partial charge is 0.370 e. The molecule has 0 N–H and O–H groups in total. The average Bonchev–Trinajstić information content (AvgIpc) is 2.01. The van der Waals surface area contributed by atoms with Crippen LogP contribution in [0.25, 0.3) is 0 Å². The van der Waals surface area contributed by atoms with E-state index in [2.05, 4.69) is 9.97 Å². The third-order valence-electron chi connectivity index (χ3n) is 2.62. The Morgan fingerprint density at radius 3 is 2.21 bits per heavy atom. The van der Waals surface area contributed by atoms with E-state index < -0.39 is 0 Å². The van der Waals surface area contributed by atoms with Crippen molar-refractivity contribution in [3.63, 3.8) is 0 Å². The van der Waals surface area contributed by atoms with Gasteiger partial charge in [-0.3, -0.25) is 0 Å². The van der Waals surface area contributed by atoms with E-state index in [4.69, 9.17) is 27.9 Å². The van der Waals surface area contributed by atoms with Crippen molar-refractivity contribution in [3.05, 3.63) is 22.2 Å². The molecule has 0 spiro atoms. The zero-order valence-electron chi connectivity index (χ0n) is 7.76. The zero-order valence-corrected chi connectivity index (χ0v) is 9.27. The first-order chi connectivity index (χ1) is 6.66. The monoisotopic (exact) mass is 232 g/mol. The molecule has 0 aliphatic heterocycles. The number of hydrogen-bond acceptors (Lipinski definition) is 3. The molecule has 2 rings (SSSR count). The lowest BCUT2D eigenvalue weighted by atomic mass is 9.79. The Bertz CT molecular complexity index is 327. The fourth-order valence-corrected chi connectivity index (χ4v) is 2.03. The molecule has 0 aromatic carbocycles. The van der Waals surface area contributed by atoms with Crippen LogP contribution in [0, 0.1) is 0 Å². The van der Waals surface area contributed by atoms with E-state index in [-0.39, 0.29) is 5.60 Å². The summed E-state index contributed by atoms with van der Waals surface area (Å²) >= 11 is 11.6. The zero-order chi connectivity index (χ0) is 10.2. The molecule has 5 heteroatoms. The Morgan fingerprint density at radius 1 is 1.29 bits per heavy atom. The smallest absolute Gasteiger partial charge is 0.163 e. The number of halogens is 2. The summed E-state index contributed by atoms with van der Waals surface area (Å²) in [4.78, 5) is 8.29. The predicted octanol–water partition coefficient (Wildman–Crippen LogP) is 2.81. The molecule has 0 amide bonds. The number of nitrogens with zero attached hydrogens (tertiary/aromatic N) is 2. The molecule has 1 aromatic heterocycles. The standard InChI is InChI=1S/C9H10Cl2N2O/c1-14-9(3-2-4-9)8-12-6(10)5-7(11)13-8/h5H,2-4H2,1H3. The van der Waals surface area contributed by atoms with Crippen molar-refractivity contribution in [3.8, 4) is 0 Å². The minimum Gasteiger partial charge on any atom is -0.370 e. The van der Waals surface area contributed by atoms with Crippen molar-refractivity contribution in [1.29, 1.82) is 0 Å². The van der Waals surface area contributed by atoms with E-state index in [9.17, 15) is 0 Å². The van der Waals surface area contributed by atoms with Gasteiger partial charge >= 0.3 is 0 Å². The molecular weight excluding hydrogens is 223 g/mol. The maximum atomic E-state index is 5.80. The van der Waals surface area contributed by atoms with Crippen LogP contribution in [0.1, 0.15) is 25.1 Å². The highest BCUT2D eigenvalue weighted by atomic mass is 35.5. The van der Waals surface area contributed by atoms with Crippen LogP contribution in [0.2, 0.25) is 10.3 Å². The van der Waals surface area contributed by atoms with Crippen LogP contribution in [0.3, 0.4) is 0 Å². The highest BCUT2D eigenvalue weighted by Crippen LogP contribution is 2.43. The molecule has 0 saturated heterocycles. The quantitative estimate of drug-likeness (QED) is 0.736. The SMILES string of the molecule is COC1(c2nc(Cl)cc(Cl)n2)CCC1. The molecule has 1 fully saturated rings. The number of rotatable bonds is 2. The van der Waals surface area contributed by atoms with Crippen LogP contribution in [0.4, 0.5) is 0 Å². The van der Waals surface area contributed by atoms with E-state index in [0.29, 0.717) is 16.1 Å². The van der Waals surface area contributed by atoms with Crippen LogP contribution in [-0.2, 0) is 10.3 Å². The van der Waals surface area contributed by atoms with Crippen LogP contribution in [-0.4, -0.2) is 17.1 Å². The van der Waals surface area contributed by atoms with Gasteiger partial charge in [-0.15, -0.1) is 0 Å². The third-order valence-corrected chi connectivity index (χ3v) is 3.01. The first kappa shape index (κ1) is 10.1. The Kier molecular flexibility index (Phi) is 2.64. The van der Waals surface area contributed by atoms with Gasteiger partial charge in [-0.05, 0) is 19.3 Å². The minimum absolute atomic E-state index is 0.353. The van der Waals surface area contributed by atoms with Gasteiger partial charge in [-0.25, -0.2) is 9.97 Å². The molecule has 1 aromatic rings. The summed E-state index contributed by atoms with van der Waals surface area (Å²) in [6.45, 7) is 0. The molecule has 0 bridgehead atoms. The van der Waals surface area contributed by atoms with E-state index >= 15 is 0 Å². The molecule has 14 heavy (non-hydrogen) atoms. The van der Waals surface area contributed by atoms with Gasteiger partial charge in [0.05, 0.1) is 0 Å². The summed E-state index contributed by atoms with van der Waals surface area (Å²) in [5, 5.41) is 0.728. The summed E-state index contributed by atoms with van der Waals surface area (Å²) in [6, 6.07) is 1.52. The molecule has 76 valence electrons. The summed E-state index contributed by atoms with van der Waals surface area (Å²) in [5.41, 5.74) is -0.353. The molecular formula is C9H10Cl2N2O. The van der Waals surface area contributed by atoms with Crippen molar-refractivity contribution >= 4 is 23.2 Å². The second-order valence-corrected chi connectivity index (χ2v) is 4.16. The van der Waals surface area contributed by atoms with Gasteiger partial charge in [0.15, 0.2) is 5.82 Å². The van der Waals surface area contributed by atoms with Gasteiger partial charge < -0.3 is 4.74 Å². The molecule has 0 radical (unpaired) electrons. The topological polar surface area (TPSA) is 35.0 Å². The molecule has 0 unspecified atom stereocenters. The third kappa shape index (κ3) is 1.60. The van der Waals surface area contributed by atoms with E-state index in [1.807, 2.05) is 0 Å². The maximum Gasteiger partial charge on any atom is 0.163 e. The first-order valence-electron chi connectivity index (χ1n) is 4.42. The predicted molar refractivity (Wildman–Crippen MR) is 54.6 cm³/mol. The fourth-order valence-electron chi connectivity index (χ4n) is 1.61. The van der Waals surface area contributed by atoms with Crippen LogP contribution in [0.15, 0.2) is 6.07 Å². The van der Waals surface area contributed by atoms with Gasteiger partial charge in [-0.1, -0.05) is 23.2 Å². The second kappa shape index (κ2) is 3.65. The molecule has 1 heterocycles. The molecule has 1 aliphatic carbocycles. The maximum absolute atomic E-state index is 5.80. The van der Waals surface area contributed by atoms with Crippen molar-refractivity contribution in [2.75, 3.05) is 7.11 Å². The van der Waals surface area contributed by atoms with Gasteiger partial charge in [0.25, 0.3) is 0 Å². The van der Waals surface area contributed by atoms with Crippen LogP contribution in [0.5, 0.6) is 0 Å². The highest BCUT2D eigenvalue weighted by Gasteiger charge is 2.42. The van der Waals surface area contributed by atoms with Gasteiger partial charge in [0, 0.05) is 13.2 Å². The van der Waals surface area contributed by atoms with Crippen LogP contribution < -0.4 is 0 Å². The summed E-state index contributed by atoms with van der Waals surface area (Å²) in [7, 11) is 1.66. The summed E-state index contributed by atoms with van der Waals surface area (Å²) in [6.07, 6.45) is 2.99. The Balaban J connectivity index is 2.39. The Morgan fingerprint density at radius 2 is 1.86 bits per heavy atom.